The van der Waals surface area contributed by atoms with E-state index in [-0.39, 0.29) is 5.91 Å². The molecular formula is C22H30N4O2. The number of amides is 1. The fourth-order valence-electron chi connectivity index (χ4n) is 4.55. The van der Waals surface area contributed by atoms with Gasteiger partial charge in [0.25, 0.3) is 5.91 Å². The number of fused-ring (bicyclic) bond motifs is 1. The fraction of sp³-hybridized carbons (Fsp3) is 0.545. The number of hydrogen-bond donors (Lipinski definition) is 1. The lowest BCUT2D eigenvalue weighted by atomic mass is 9.94. The number of hydrogen-bond acceptors (Lipinski definition) is 4. The van der Waals surface area contributed by atoms with Gasteiger partial charge in [-0.05, 0) is 37.5 Å². The Morgan fingerprint density at radius 1 is 1.25 bits per heavy atom. The number of nitrogens with one attached hydrogen (secondary N) is 1. The van der Waals surface area contributed by atoms with Crippen molar-refractivity contribution in [1.29, 1.82) is 0 Å². The van der Waals surface area contributed by atoms with Gasteiger partial charge in [-0.25, -0.2) is 0 Å². The normalized spacial score (nSPS) is 17.9. The minimum absolute atomic E-state index is 0.121. The monoisotopic (exact) mass is 382 g/mol. The molecular weight excluding hydrogens is 352 g/mol. The lowest BCUT2D eigenvalue weighted by molar-refractivity contribution is 0.0946. The van der Waals surface area contributed by atoms with Gasteiger partial charge in [0, 0.05) is 19.1 Å². The first kappa shape index (κ1) is 19.0. The Labute approximate surface area is 166 Å². The van der Waals surface area contributed by atoms with Gasteiger partial charge in [-0.3, -0.25) is 14.4 Å². The molecule has 2 aromatic rings. The number of aromatic nitrogens is 2. The summed E-state index contributed by atoms with van der Waals surface area (Å²) in [7, 11) is 1.59. The van der Waals surface area contributed by atoms with Crippen LogP contribution in [0.15, 0.2) is 24.3 Å². The number of nitrogens with zero attached hydrogens (tertiary/aromatic N) is 3. The van der Waals surface area contributed by atoms with E-state index in [4.69, 9.17) is 9.84 Å². The van der Waals surface area contributed by atoms with Crippen molar-refractivity contribution in [3.63, 3.8) is 0 Å². The Bertz CT molecular complexity index is 839. The molecule has 1 fully saturated rings. The highest BCUT2D eigenvalue weighted by atomic mass is 16.5. The van der Waals surface area contributed by atoms with Gasteiger partial charge in [0.15, 0.2) is 0 Å². The maximum Gasteiger partial charge on any atom is 0.255 e. The van der Waals surface area contributed by atoms with Gasteiger partial charge >= 0.3 is 0 Å². The zero-order valence-electron chi connectivity index (χ0n) is 16.9. The van der Waals surface area contributed by atoms with E-state index in [1.54, 1.807) is 7.11 Å². The van der Waals surface area contributed by atoms with E-state index in [9.17, 15) is 4.79 Å². The Balaban J connectivity index is 1.40. The van der Waals surface area contributed by atoms with E-state index in [1.165, 1.54) is 37.8 Å². The Morgan fingerprint density at radius 3 is 2.86 bits per heavy atom. The number of carbonyl (C=O) groups excluding carboxylic acids is 1. The second-order valence-electron chi connectivity index (χ2n) is 7.95. The first-order chi connectivity index (χ1) is 13.7. The molecule has 0 radical (unpaired) electrons. The fourth-order valence-corrected chi connectivity index (χ4v) is 4.55. The van der Waals surface area contributed by atoms with Crippen LogP contribution in [0.5, 0.6) is 5.75 Å². The number of ether oxygens (including phenoxy) is 1. The average Bonchev–Trinajstić information content (AvgIpc) is 3.14. The molecule has 0 bridgehead atoms. The topological polar surface area (TPSA) is 59.4 Å². The minimum atomic E-state index is -0.121. The zero-order valence-corrected chi connectivity index (χ0v) is 16.9. The molecule has 1 amide bonds. The molecule has 1 aliphatic carbocycles. The van der Waals surface area contributed by atoms with Crippen LogP contribution >= 0.6 is 0 Å². The number of rotatable bonds is 5. The molecule has 2 aliphatic rings. The van der Waals surface area contributed by atoms with Gasteiger partial charge in [0.1, 0.15) is 5.75 Å². The van der Waals surface area contributed by atoms with Gasteiger partial charge in [0.05, 0.1) is 37.2 Å². The van der Waals surface area contributed by atoms with Crippen molar-refractivity contribution in [3.05, 3.63) is 46.8 Å². The van der Waals surface area contributed by atoms with Gasteiger partial charge < -0.3 is 10.1 Å². The second kappa shape index (κ2) is 8.35. The van der Waals surface area contributed by atoms with Crippen LogP contribution in [0.2, 0.25) is 0 Å². The average molecular weight is 383 g/mol. The highest BCUT2D eigenvalue weighted by Crippen LogP contribution is 2.26. The van der Waals surface area contributed by atoms with Crippen molar-refractivity contribution in [2.45, 2.75) is 64.7 Å². The van der Waals surface area contributed by atoms with E-state index in [0.717, 1.165) is 36.9 Å². The summed E-state index contributed by atoms with van der Waals surface area (Å²) in [5, 5.41) is 7.71. The molecule has 2 heterocycles. The summed E-state index contributed by atoms with van der Waals surface area (Å²) < 4.78 is 7.46. The van der Waals surface area contributed by atoms with Gasteiger partial charge in [0.2, 0.25) is 0 Å². The first-order valence-electron chi connectivity index (χ1n) is 10.4. The third kappa shape index (κ3) is 3.92. The molecule has 1 N–H and O–H groups in total. The van der Waals surface area contributed by atoms with Crippen LogP contribution in [0.25, 0.3) is 0 Å². The highest BCUT2D eigenvalue weighted by Gasteiger charge is 2.26. The Morgan fingerprint density at radius 2 is 2.07 bits per heavy atom. The highest BCUT2D eigenvalue weighted by molar-refractivity contribution is 5.98. The van der Waals surface area contributed by atoms with E-state index in [1.807, 2.05) is 25.1 Å². The molecule has 0 atom stereocenters. The third-order valence-electron chi connectivity index (χ3n) is 6.08. The van der Waals surface area contributed by atoms with Gasteiger partial charge in [-0.2, -0.15) is 5.10 Å². The number of aryl methyl sites for hydroxylation is 1. The summed E-state index contributed by atoms with van der Waals surface area (Å²) in [5.41, 5.74) is 3.68. The molecule has 4 rings (SSSR count). The predicted molar refractivity (Wildman–Crippen MR) is 108 cm³/mol. The van der Waals surface area contributed by atoms with E-state index < -0.39 is 0 Å². The van der Waals surface area contributed by atoms with Crippen molar-refractivity contribution in [2.75, 3.05) is 13.7 Å². The number of carbonyl (C=O) groups is 1. The molecule has 0 spiro atoms. The predicted octanol–water partition coefficient (Wildman–Crippen LogP) is 3.28. The molecule has 1 aromatic heterocycles. The molecule has 150 valence electrons. The summed E-state index contributed by atoms with van der Waals surface area (Å²) in [4.78, 5) is 15.3. The molecule has 28 heavy (non-hydrogen) atoms. The van der Waals surface area contributed by atoms with Crippen LogP contribution in [0.4, 0.5) is 0 Å². The van der Waals surface area contributed by atoms with Crippen LogP contribution in [0, 0.1) is 6.92 Å². The number of methoxy groups -OCH3 is 1. The quantitative estimate of drug-likeness (QED) is 0.862. The van der Waals surface area contributed by atoms with Crippen molar-refractivity contribution < 1.29 is 9.53 Å². The van der Waals surface area contributed by atoms with Crippen LogP contribution < -0.4 is 10.1 Å². The number of benzene rings is 1. The van der Waals surface area contributed by atoms with E-state index in [0.29, 0.717) is 17.9 Å². The molecule has 6 nitrogen and oxygen atoms in total. The molecule has 1 aliphatic heterocycles. The Kier molecular flexibility index (Phi) is 5.67. The summed E-state index contributed by atoms with van der Waals surface area (Å²) in [5.74, 6) is 0.481. The molecule has 6 heteroatoms. The van der Waals surface area contributed by atoms with E-state index in [2.05, 4.69) is 21.0 Å². The van der Waals surface area contributed by atoms with Gasteiger partial charge in [-0.1, -0.05) is 31.4 Å². The van der Waals surface area contributed by atoms with Crippen LogP contribution in [-0.2, 0) is 19.6 Å². The summed E-state index contributed by atoms with van der Waals surface area (Å²) in [6.07, 6.45) is 6.77. The smallest absolute Gasteiger partial charge is 0.255 e. The van der Waals surface area contributed by atoms with Crippen molar-refractivity contribution in [1.82, 2.24) is 20.0 Å². The SMILES string of the molecule is COc1cccc(C)c1C(=O)NCc1cc2n(n1)CCN(C1CCCCC1)C2. The van der Waals surface area contributed by atoms with Crippen molar-refractivity contribution >= 4 is 5.91 Å². The Hall–Kier alpha value is -2.34. The molecule has 0 unspecified atom stereocenters. The largest absolute Gasteiger partial charge is 0.496 e. The molecule has 0 saturated heterocycles. The zero-order chi connectivity index (χ0) is 19.5. The maximum absolute atomic E-state index is 12.7. The molecule has 1 saturated carbocycles. The summed E-state index contributed by atoms with van der Waals surface area (Å²) in [6.45, 7) is 5.33. The maximum atomic E-state index is 12.7. The molecule has 1 aromatic carbocycles. The third-order valence-corrected chi connectivity index (χ3v) is 6.08. The van der Waals surface area contributed by atoms with Crippen LogP contribution in [-0.4, -0.2) is 40.3 Å². The summed E-state index contributed by atoms with van der Waals surface area (Å²) >= 11 is 0. The first-order valence-corrected chi connectivity index (χ1v) is 10.4. The second-order valence-corrected chi connectivity index (χ2v) is 7.95. The van der Waals surface area contributed by atoms with Crippen molar-refractivity contribution in [2.24, 2.45) is 0 Å². The van der Waals surface area contributed by atoms with Crippen LogP contribution in [0.1, 0.15) is 59.4 Å². The lowest BCUT2D eigenvalue weighted by Gasteiger charge is -2.36. The van der Waals surface area contributed by atoms with E-state index >= 15 is 0 Å². The van der Waals surface area contributed by atoms with Crippen LogP contribution in [0.3, 0.4) is 0 Å². The van der Waals surface area contributed by atoms with Gasteiger partial charge in [-0.15, -0.1) is 0 Å². The minimum Gasteiger partial charge on any atom is -0.496 e. The standard InChI is InChI=1S/C22H30N4O2/c1-16-7-6-10-20(28-2)21(16)22(27)23-14-17-13-19-15-25(11-12-26(19)24-17)18-8-4-3-5-9-18/h6-7,10,13,18H,3-5,8-9,11-12,14-15H2,1-2H3,(H,23,27). The van der Waals surface area contributed by atoms with Crippen molar-refractivity contribution in [3.8, 4) is 5.75 Å². The lowest BCUT2D eigenvalue weighted by Crippen LogP contribution is -2.42. The summed E-state index contributed by atoms with van der Waals surface area (Å²) in [6, 6.07) is 8.51.